The molecule has 1 aromatic heterocycles. The Balaban J connectivity index is 1.47. The molecule has 2 heterocycles. The molecule has 2 aromatic rings. The number of benzene rings is 1. The molecule has 3 rings (SSSR count). The van der Waals surface area contributed by atoms with E-state index in [0.717, 1.165) is 44.7 Å². The van der Waals surface area contributed by atoms with Gasteiger partial charge in [0.05, 0.1) is 0 Å². The van der Waals surface area contributed by atoms with Crippen molar-refractivity contribution in [3.8, 4) is 0 Å². The molecule has 1 saturated heterocycles. The summed E-state index contributed by atoms with van der Waals surface area (Å²) in [7, 11) is 1.95. The van der Waals surface area contributed by atoms with E-state index in [-0.39, 0.29) is 0 Å². The average molecular weight is 313 g/mol. The molecule has 0 atom stereocenters. The van der Waals surface area contributed by atoms with Crippen LogP contribution in [0.3, 0.4) is 0 Å². The first kappa shape index (κ1) is 16.2. The first-order valence-corrected chi connectivity index (χ1v) is 8.55. The van der Waals surface area contributed by atoms with Crippen LogP contribution in [0.15, 0.2) is 36.7 Å². The Morgan fingerprint density at radius 1 is 1.26 bits per heavy atom. The van der Waals surface area contributed by atoms with E-state index in [4.69, 9.17) is 0 Å². The second-order valence-electron chi connectivity index (χ2n) is 6.83. The highest BCUT2D eigenvalue weighted by Gasteiger charge is 2.36. The number of aryl methyl sites for hydroxylation is 3. The summed E-state index contributed by atoms with van der Waals surface area (Å²) in [5, 5.41) is 10.9. The molecule has 23 heavy (non-hydrogen) atoms. The fourth-order valence-electron chi connectivity index (χ4n) is 3.56. The smallest absolute Gasteiger partial charge is 0.140 e. The van der Waals surface area contributed by atoms with Gasteiger partial charge in [0.2, 0.25) is 0 Å². The van der Waals surface area contributed by atoms with Gasteiger partial charge in [0.15, 0.2) is 0 Å². The summed E-state index contributed by atoms with van der Waals surface area (Å²) in [5.41, 5.74) is 2.00. The Morgan fingerprint density at radius 2 is 2.04 bits per heavy atom. The molecule has 0 saturated carbocycles. The van der Waals surface area contributed by atoms with Crippen LogP contribution in [-0.4, -0.2) is 39.2 Å². The zero-order valence-electron chi connectivity index (χ0n) is 14.2. The summed E-state index contributed by atoms with van der Waals surface area (Å²) in [6.45, 7) is 5.13. The van der Waals surface area contributed by atoms with Crippen LogP contribution >= 0.6 is 0 Å². The lowest BCUT2D eigenvalue weighted by Gasteiger charge is -2.37. The Morgan fingerprint density at radius 3 is 2.70 bits per heavy atom. The number of imidazole rings is 1. The van der Waals surface area contributed by atoms with Crippen LogP contribution in [-0.2, 0) is 19.1 Å². The molecule has 1 fully saturated rings. The minimum atomic E-state index is -0.759. The van der Waals surface area contributed by atoms with E-state index < -0.39 is 5.60 Å². The van der Waals surface area contributed by atoms with E-state index in [0.29, 0.717) is 0 Å². The maximum Gasteiger partial charge on any atom is 0.140 e. The summed E-state index contributed by atoms with van der Waals surface area (Å²) in [6.07, 6.45) is 7.50. The van der Waals surface area contributed by atoms with Crippen LogP contribution < -0.4 is 0 Å². The van der Waals surface area contributed by atoms with Gasteiger partial charge in [0.1, 0.15) is 11.4 Å². The van der Waals surface area contributed by atoms with Crippen molar-refractivity contribution in [3.63, 3.8) is 0 Å². The Hall–Kier alpha value is -1.65. The van der Waals surface area contributed by atoms with E-state index in [9.17, 15) is 5.11 Å². The Labute approximate surface area is 138 Å². The topological polar surface area (TPSA) is 41.3 Å². The van der Waals surface area contributed by atoms with Crippen molar-refractivity contribution in [1.29, 1.82) is 0 Å². The van der Waals surface area contributed by atoms with Crippen LogP contribution in [0.1, 0.15) is 36.2 Å². The van der Waals surface area contributed by atoms with Gasteiger partial charge in [0, 0.05) is 32.5 Å². The van der Waals surface area contributed by atoms with Crippen LogP contribution in [0, 0.1) is 6.92 Å². The van der Waals surface area contributed by atoms with E-state index in [2.05, 4.69) is 41.1 Å². The summed E-state index contributed by atoms with van der Waals surface area (Å²) in [5.74, 6) is 0.803. The predicted octanol–water partition coefficient (Wildman–Crippen LogP) is 2.64. The molecule has 1 aliphatic rings. The number of hydrogen-bond acceptors (Lipinski definition) is 3. The normalized spacial score (nSPS) is 18.2. The number of piperidine rings is 1. The van der Waals surface area contributed by atoms with Crippen molar-refractivity contribution in [2.75, 3.05) is 19.6 Å². The lowest BCUT2D eigenvalue weighted by molar-refractivity contribution is -0.0349. The Kier molecular flexibility index (Phi) is 4.83. The maximum absolute atomic E-state index is 10.9. The van der Waals surface area contributed by atoms with Crippen molar-refractivity contribution >= 4 is 0 Å². The number of likely N-dealkylation sites (tertiary alicyclic amines) is 1. The van der Waals surface area contributed by atoms with E-state index in [1.807, 2.05) is 17.8 Å². The molecular formula is C19H27N3O. The first-order valence-electron chi connectivity index (χ1n) is 8.55. The van der Waals surface area contributed by atoms with Crippen molar-refractivity contribution in [2.45, 2.75) is 38.2 Å². The monoisotopic (exact) mass is 313 g/mol. The van der Waals surface area contributed by atoms with Gasteiger partial charge >= 0.3 is 0 Å². The van der Waals surface area contributed by atoms with E-state index >= 15 is 0 Å². The molecule has 0 radical (unpaired) electrons. The lowest BCUT2D eigenvalue weighted by Crippen LogP contribution is -2.44. The number of aromatic nitrogens is 2. The summed E-state index contributed by atoms with van der Waals surface area (Å²) >= 11 is 0. The molecule has 1 N–H and O–H groups in total. The minimum absolute atomic E-state index is 0.759. The first-order chi connectivity index (χ1) is 11.1. The average Bonchev–Trinajstić information content (AvgIpc) is 2.97. The second kappa shape index (κ2) is 6.85. The van der Waals surface area contributed by atoms with Gasteiger partial charge in [0.25, 0.3) is 0 Å². The van der Waals surface area contributed by atoms with Crippen molar-refractivity contribution in [3.05, 3.63) is 53.6 Å². The predicted molar refractivity (Wildman–Crippen MR) is 92.3 cm³/mol. The minimum Gasteiger partial charge on any atom is -0.382 e. The molecule has 4 nitrogen and oxygen atoms in total. The van der Waals surface area contributed by atoms with Gasteiger partial charge < -0.3 is 14.6 Å². The fourth-order valence-corrected chi connectivity index (χ4v) is 3.56. The molecular weight excluding hydrogens is 286 g/mol. The van der Waals surface area contributed by atoms with Gasteiger partial charge in [-0.3, -0.25) is 0 Å². The highest BCUT2D eigenvalue weighted by molar-refractivity contribution is 5.22. The molecule has 0 spiro atoms. The largest absolute Gasteiger partial charge is 0.382 e. The quantitative estimate of drug-likeness (QED) is 0.922. The highest BCUT2D eigenvalue weighted by atomic mass is 16.3. The van der Waals surface area contributed by atoms with Gasteiger partial charge in [-0.2, -0.15) is 0 Å². The SMILES string of the molecule is Cc1cccc(CCCN2CCC(O)(c3nccn3C)CC2)c1. The van der Waals surface area contributed by atoms with Crippen molar-refractivity contribution < 1.29 is 5.11 Å². The molecule has 0 bridgehead atoms. The molecule has 0 aliphatic carbocycles. The molecule has 4 heteroatoms. The maximum atomic E-state index is 10.9. The number of hydrogen-bond donors (Lipinski definition) is 1. The third kappa shape index (κ3) is 3.82. The van der Waals surface area contributed by atoms with Crippen molar-refractivity contribution in [1.82, 2.24) is 14.5 Å². The zero-order valence-corrected chi connectivity index (χ0v) is 14.2. The lowest BCUT2D eigenvalue weighted by atomic mass is 9.90. The third-order valence-electron chi connectivity index (χ3n) is 4.94. The summed E-state index contributed by atoms with van der Waals surface area (Å²) < 4.78 is 1.94. The number of rotatable bonds is 5. The Bertz CT molecular complexity index is 642. The summed E-state index contributed by atoms with van der Waals surface area (Å²) in [6, 6.07) is 8.77. The molecule has 1 aromatic carbocycles. The van der Waals surface area contributed by atoms with Gasteiger partial charge in [-0.15, -0.1) is 0 Å². The number of aliphatic hydroxyl groups is 1. The molecule has 0 unspecified atom stereocenters. The van der Waals surface area contributed by atoms with Crippen LogP contribution in [0.2, 0.25) is 0 Å². The highest BCUT2D eigenvalue weighted by Crippen LogP contribution is 2.31. The van der Waals surface area contributed by atoms with Crippen LogP contribution in [0.5, 0.6) is 0 Å². The van der Waals surface area contributed by atoms with Gasteiger partial charge in [-0.25, -0.2) is 4.98 Å². The van der Waals surface area contributed by atoms with Crippen LogP contribution in [0.25, 0.3) is 0 Å². The third-order valence-corrected chi connectivity index (χ3v) is 4.94. The number of nitrogens with zero attached hydrogens (tertiary/aromatic N) is 3. The van der Waals surface area contributed by atoms with Gasteiger partial charge in [-0.1, -0.05) is 29.8 Å². The van der Waals surface area contributed by atoms with Crippen LogP contribution in [0.4, 0.5) is 0 Å². The zero-order chi connectivity index (χ0) is 16.3. The van der Waals surface area contributed by atoms with E-state index in [1.165, 1.54) is 17.5 Å². The van der Waals surface area contributed by atoms with Gasteiger partial charge in [-0.05, 0) is 44.7 Å². The second-order valence-corrected chi connectivity index (χ2v) is 6.83. The molecule has 0 amide bonds. The van der Waals surface area contributed by atoms with E-state index in [1.54, 1.807) is 6.20 Å². The standard InChI is InChI=1S/C19H27N3O/c1-16-5-3-6-17(15-16)7-4-11-22-12-8-19(23,9-13-22)18-20-10-14-21(18)2/h3,5-6,10,14-15,23H,4,7-9,11-13H2,1-2H3. The molecule has 1 aliphatic heterocycles. The summed E-state index contributed by atoms with van der Waals surface area (Å²) in [4.78, 5) is 6.81. The fraction of sp³-hybridized carbons (Fsp3) is 0.526. The molecule has 124 valence electrons. The van der Waals surface area contributed by atoms with Crippen molar-refractivity contribution in [2.24, 2.45) is 7.05 Å².